The van der Waals surface area contributed by atoms with E-state index in [9.17, 15) is 0 Å². The van der Waals surface area contributed by atoms with Crippen molar-refractivity contribution in [3.63, 3.8) is 0 Å². The molecule has 2 atom stereocenters. The standard InChI is InChI=1S/C19H23ClN4/c1-2-21-19(23-11-9-16-8-3-4-10-22-16)24-18-13-17(18)14-6-5-7-15(20)12-14/h3-8,10,12,17-18H,2,9,11,13H2,1H3,(H2,21,23,24). The van der Waals surface area contributed by atoms with Gasteiger partial charge in [0.1, 0.15) is 0 Å². The quantitative estimate of drug-likeness (QED) is 0.625. The zero-order valence-corrected chi connectivity index (χ0v) is 14.6. The van der Waals surface area contributed by atoms with Crippen LogP contribution in [0.15, 0.2) is 53.7 Å². The summed E-state index contributed by atoms with van der Waals surface area (Å²) in [6, 6.07) is 14.5. The van der Waals surface area contributed by atoms with Gasteiger partial charge in [-0.15, -0.1) is 0 Å². The van der Waals surface area contributed by atoms with Gasteiger partial charge in [0, 0.05) is 48.4 Å². The molecule has 0 saturated heterocycles. The normalized spacial score (nSPS) is 19.8. The van der Waals surface area contributed by atoms with Crippen molar-refractivity contribution in [2.24, 2.45) is 4.99 Å². The molecule has 3 rings (SSSR count). The van der Waals surface area contributed by atoms with Gasteiger partial charge in [-0.25, -0.2) is 0 Å². The fourth-order valence-corrected chi connectivity index (χ4v) is 2.98. The largest absolute Gasteiger partial charge is 0.357 e. The first-order chi connectivity index (χ1) is 11.8. The number of hydrogen-bond donors (Lipinski definition) is 2. The number of halogens is 1. The van der Waals surface area contributed by atoms with Crippen LogP contribution in [-0.2, 0) is 6.42 Å². The minimum Gasteiger partial charge on any atom is -0.357 e. The van der Waals surface area contributed by atoms with Crippen LogP contribution in [-0.4, -0.2) is 30.1 Å². The predicted octanol–water partition coefficient (Wildman–Crippen LogP) is 3.39. The number of nitrogens with one attached hydrogen (secondary N) is 2. The van der Waals surface area contributed by atoms with Crippen LogP contribution in [0.4, 0.5) is 0 Å². The van der Waals surface area contributed by atoms with Crippen LogP contribution in [0.3, 0.4) is 0 Å². The number of aliphatic imine (C=N–C) groups is 1. The van der Waals surface area contributed by atoms with E-state index in [1.807, 2.05) is 36.5 Å². The topological polar surface area (TPSA) is 49.3 Å². The highest BCUT2D eigenvalue weighted by Gasteiger charge is 2.39. The zero-order valence-electron chi connectivity index (χ0n) is 13.9. The summed E-state index contributed by atoms with van der Waals surface area (Å²) < 4.78 is 0. The van der Waals surface area contributed by atoms with E-state index in [0.717, 1.165) is 42.6 Å². The number of nitrogens with zero attached hydrogens (tertiary/aromatic N) is 2. The highest BCUT2D eigenvalue weighted by atomic mass is 35.5. The fraction of sp³-hybridized carbons (Fsp3) is 0.368. The average Bonchev–Trinajstić information content (AvgIpc) is 3.35. The van der Waals surface area contributed by atoms with E-state index in [2.05, 4.69) is 39.7 Å². The maximum Gasteiger partial charge on any atom is 0.191 e. The molecule has 5 heteroatoms. The van der Waals surface area contributed by atoms with Crippen molar-refractivity contribution in [1.29, 1.82) is 0 Å². The second kappa shape index (κ2) is 8.15. The molecular formula is C19H23ClN4. The highest BCUT2D eigenvalue weighted by molar-refractivity contribution is 6.30. The summed E-state index contributed by atoms with van der Waals surface area (Å²) >= 11 is 6.08. The van der Waals surface area contributed by atoms with E-state index in [0.29, 0.717) is 12.0 Å². The minimum atomic E-state index is 0.427. The molecule has 0 radical (unpaired) electrons. The number of benzene rings is 1. The number of rotatable bonds is 6. The lowest BCUT2D eigenvalue weighted by Crippen LogP contribution is -2.39. The second-order valence-electron chi connectivity index (χ2n) is 5.98. The summed E-state index contributed by atoms with van der Waals surface area (Å²) in [7, 11) is 0. The van der Waals surface area contributed by atoms with E-state index in [-0.39, 0.29) is 0 Å². The Morgan fingerprint density at radius 2 is 2.21 bits per heavy atom. The van der Waals surface area contributed by atoms with E-state index in [1.54, 1.807) is 0 Å². The van der Waals surface area contributed by atoms with Crippen molar-refractivity contribution in [3.05, 3.63) is 64.9 Å². The fourth-order valence-electron chi connectivity index (χ4n) is 2.78. The van der Waals surface area contributed by atoms with Gasteiger partial charge in [-0.3, -0.25) is 9.98 Å². The molecule has 126 valence electrons. The lowest BCUT2D eigenvalue weighted by molar-refractivity contribution is 0.789. The predicted molar refractivity (Wildman–Crippen MR) is 99.7 cm³/mol. The molecule has 1 aliphatic carbocycles. The first-order valence-corrected chi connectivity index (χ1v) is 8.84. The third kappa shape index (κ3) is 4.71. The first kappa shape index (κ1) is 16.8. The lowest BCUT2D eigenvalue weighted by atomic mass is 10.1. The molecule has 0 aliphatic heterocycles. The van der Waals surface area contributed by atoms with Crippen molar-refractivity contribution in [3.8, 4) is 0 Å². The molecule has 0 spiro atoms. The van der Waals surface area contributed by atoms with E-state index >= 15 is 0 Å². The monoisotopic (exact) mass is 342 g/mol. The maximum absolute atomic E-state index is 6.08. The van der Waals surface area contributed by atoms with Crippen LogP contribution < -0.4 is 10.6 Å². The molecule has 2 unspecified atom stereocenters. The van der Waals surface area contributed by atoms with Crippen molar-refractivity contribution < 1.29 is 0 Å². The Kier molecular flexibility index (Phi) is 5.70. The molecule has 0 amide bonds. The van der Waals surface area contributed by atoms with Crippen LogP contribution in [0.25, 0.3) is 0 Å². The summed E-state index contributed by atoms with van der Waals surface area (Å²) in [5.41, 5.74) is 2.37. The Bertz CT molecular complexity index is 687. The molecule has 0 bridgehead atoms. The molecule has 1 heterocycles. The molecule has 2 N–H and O–H groups in total. The van der Waals surface area contributed by atoms with Gasteiger partial charge in [-0.2, -0.15) is 0 Å². The summed E-state index contributed by atoms with van der Waals surface area (Å²) in [4.78, 5) is 9.00. The number of pyridine rings is 1. The molecule has 1 saturated carbocycles. The van der Waals surface area contributed by atoms with Gasteiger partial charge in [0.05, 0.1) is 0 Å². The molecule has 2 aromatic rings. The number of guanidine groups is 1. The molecule has 1 fully saturated rings. The van der Waals surface area contributed by atoms with E-state index in [4.69, 9.17) is 11.6 Å². The molecule has 1 aromatic heterocycles. The van der Waals surface area contributed by atoms with Gasteiger partial charge in [-0.1, -0.05) is 29.8 Å². The molecule has 4 nitrogen and oxygen atoms in total. The van der Waals surface area contributed by atoms with Gasteiger partial charge < -0.3 is 10.6 Å². The Balaban J connectivity index is 1.54. The summed E-state index contributed by atoms with van der Waals surface area (Å²) in [6.45, 7) is 3.65. The van der Waals surface area contributed by atoms with Gasteiger partial charge >= 0.3 is 0 Å². The van der Waals surface area contributed by atoms with E-state index in [1.165, 1.54) is 5.56 Å². The van der Waals surface area contributed by atoms with Gasteiger partial charge in [0.15, 0.2) is 5.96 Å². The van der Waals surface area contributed by atoms with Crippen LogP contribution >= 0.6 is 11.6 Å². The van der Waals surface area contributed by atoms with Crippen molar-refractivity contribution in [2.45, 2.75) is 31.7 Å². The first-order valence-electron chi connectivity index (χ1n) is 8.46. The smallest absolute Gasteiger partial charge is 0.191 e. The number of hydrogen-bond acceptors (Lipinski definition) is 2. The zero-order chi connectivity index (χ0) is 16.8. The van der Waals surface area contributed by atoms with Gasteiger partial charge in [0.25, 0.3) is 0 Å². The van der Waals surface area contributed by atoms with Gasteiger partial charge in [-0.05, 0) is 43.2 Å². The third-order valence-corrected chi connectivity index (χ3v) is 4.33. The molecular weight excluding hydrogens is 320 g/mol. The Labute approximate surface area is 148 Å². The molecule has 1 aliphatic rings. The second-order valence-corrected chi connectivity index (χ2v) is 6.42. The average molecular weight is 343 g/mol. The van der Waals surface area contributed by atoms with Crippen LogP contribution in [0.1, 0.15) is 30.5 Å². The van der Waals surface area contributed by atoms with Crippen molar-refractivity contribution in [2.75, 3.05) is 13.1 Å². The van der Waals surface area contributed by atoms with E-state index < -0.39 is 0 Å². The number of aromatic nitrogens is 1. The molecule has 1 aromatic carbocycles. The van der Waals surface area contributed by atoms with Crippen molar-refractivity contribution in [1.82, 2.24) is 15.6 Å². The van der Waals surface area contributed by atoms with Gasteiger partial charge in [0.2, 0.25) is 0 Å². The minimum absolute atomic E-state index is 0.427. The van der Waals surface area contributed by atoms with Crippen LogP contribution in [0.5, 0.6) is 0 Å². The SMILES string of the molecule is CCNC(=NCCc1ccccn1)NC1CC1c1cccc(Cl)c1. The summed E-state index contributed by atoms with van der Waals surface area (Å²) in [5.74, 6) is 1.39. The summed E-state index contributed by atoms with van der Waals surface area (Å²) in [5, 5.41) is 7.64. The molecule has 24 heavy (non-hydrogen) atoms. The van der Waals surface area contributed by atoms with Crippen LogP contribution in [0.2, 0.25) is 5.02 Å². The van der Waals surface area contributed by atoms with Crippen LogP contribution in [0, 0.1) is 0 Å². The Morgan fingerprint density at radius 1 is 1.29 bits per heavy atom. The third-order valence-electron chi connectivity index (χ3n) is 4.10. The maximum atomic E-state index is 6.08. The Hall–Kier alpha value is -2.07. The lowest BCUT2D eigenvalue weighted by Gasteiger charge is -2.11. The Morgan fingerprint density at radius 3 is 2.96 bits per heavy atom. The highest BCUT2D eigenvalue weighted by Crippen LogP contribution is 2.41. The summed E-state index contributed by atoms with van der Waals surface area (Å²) in [6.07, 6.45) is 3.78. The van der Waals surface area contributed by atoms with Crippen molar-refractivity contribution >= 4 is 17.6 Å².